The number of pyridine rings is 1. The molecule has 0 fully saturated rings. The number of thiophene rings is 1. The molecule has 3 heteroatoms. The number of hydrogen-bond donors (Lipinski definition) is 0. The van der Waals surface area contributed by atoms with E-state index in [-0.39, 0.29) is 5.41 Å². The van der Waals surface area contributed by atoms with Crippen molar-refractivity contribution in [3.63, 3.8) is 0 Å². The summed E-state index contributed by atoms with van der Waals surface area (Å²) in [6.45, 7) is 6.90. The Kier molecular flexibility index (Phi) is 4.92. The molecule has 34 heavy (non-hydrogen) atoms. The molecular weight excluding hydrogens is 491 g/mol. The number of benzene rings is 3. The second-order valence-electron chi connectivity index (χ2n) is 11.0. The predicted octanol–water partition coefficient (Wildman–Crippen LogP) is 8.42. The summed E-state index contributed by atoms with van der Waals surface area (Å²) in [5.74, 6) is 5.06. The molecule has 0 spiro atoms. The first-order valence-electron chi connectivity index (χ1n) is 12.0. The fraction of sp³-hybridized carbons (Fsp3) is 0.194. The van der Waals surface area contributed by atoms with E-state index in [0.717, 1.165) is 5.69 Å². The van der Waals surface area contributed by atoms with Crippen molar-refractivity contribution in [3.05, 3.63) is 95.0 Å². The Bertz CT molecular complexity index is 1610. The van der Waals surface area contributed by atoms with Gasteiger partial charge in [0.25, 0.3) is 0 Å². The molecular formula is C31H29GeNS. The molecule has 0 saturated heterocycles. The summed E-state index contributed by atoms with van der Waals surface area (Å²) >= 11 is -0.382. The summed E-state index contributed by atoms with van der Waals surface area (Å²) in [5.41, 5.74) is 5.17. The normalized spacial score (nSPS) is 15.0. The van der Waals surface area contributed by atoms with Crippen molar-refractivity contribution in [2.24, 2.45) is 0 Å². The van der Waals surface area contributed by atoms with Crippen LogP contribution in [0.3, 0.4) is 0 Å². The molecule has 0 bridgehead atoms. The average molecular weight is 520 g/mol. The van der Waals surface area contributed by atoms with Crippen LogP contribution in [0.1, 0.15) is 36.8 Å². The van der Waals surface area contributed by atoms with Gasteiger partial charge in [0.05, 0.1) is 0 Å². The van der Waals surface area contributed by atoms with Gasteiger partial charge in [-0.2, -0.15) is 0 Å². The summed E-state index contributed by atoms with van der Waals surface area (Å²) in [5, 5.41) is 3.91. The Morgan fingerprint density at radius 3 is 2.38 bits per heavy atom. The van der Waals surface area contributed by atoms with Crippen molar-refractivity contribution in [1.29, 1.82) is 0 Å². The van der Waals surface area contributed by atoms with Gasteiger partial charge in [0, 0.05) is 0 Å². The van der Waals surface area contributed by atoms with Crippen LogP contribution in [0.4, 0.5) is 0 Å². The van der Waals surface area contributed by atoms with Crippen LogP contribution < -0.4 is 4.40 Å². The van der Waals surface area contributed by atoms with Crippen LogP contribution >= 0.6 is 11.3 Å². The van der Waals surface area contributed by atoms with E-state index in [1.54, 1.807) is 8.80 Å². The zero-order valence-corrected chi connectivity index (χ0v) is 23.4. The van der Waals surface area contributed by atoms with E-state index in [2.05, 4.69) is 111 Å². The van der Waals surface area contributed by atoms with Gasteiger partial charge < -0.3 is 0 Å². The van der Waals surface area contributed by atoms with Gasteiger partial charge in [-0.15, -0.1) is 0 Å². The van der Waals surface area contributed by atoms with E-state index in [4.69, 9.17) is 4.98 Å². The summed E-state index contributed by atoms with van der Waals surface area (Å²) in [7, 11) is 0. The van der Waals surface area contributed by atoms with Gasteiger partial charge in [-0.25, -0.2) is 0 Å². The molecule has 2 aromatic heterocycles. The Balaban J connectivity index is 1.55. The monoisotopic (exact) mass is 521 g/mol. The van der Waals surface area contributed by atoms with E-state index in [1.165, 1.54) is 42.4 Å². The van der Waals surface area contributed by atoms with Gasteiger partial charge in [0.2, 0.25) is 0 Å². The summed E-state index contributed by atoms with van der Waals surface area (Å²) in [6, 6.07) is 27.0. The molecule has 168 valence electrons. The molecule has 5 aromatic rings. The third-order valence-electron chi connectivity index (χ3n) is 7.25. The van der Waals surface area contributed by atoms with E-state index in [9.17, 15) is 0 Å². The Morgan fingerprint density at radius 2 is 1.59 bits per heavy atom. The van der Waals surface area contributed by atoms with Gasteiger partial charge in [0.1, 0.15) is 0 Å². The van der Waals surface area contributed by atoms with Crippen molar-refractivity contribution < 1.29 is 0 Å². The number of rotatable bonds is 2. The molecule has 1 aliphatic heterocycles. The van der Waals surface area contributed by atoms with Gasteiger partial charge in [-0.3, -0.25) is 0 Å². The van der Waals surface area contributed by atoms with Crippen molar-refractivity contribution in [2.45, 2.75) is 37.7 Å². The van der Waals surface area contributed by atoms with Crippen molar-refractivity contribution in [2.75, 3.05) is 0 Å². The van der Waals surface area contributed by atoms with Crippen LogP contribution in [0.15, 0.2) is 79.0 Å². The SMILES string of the molecule is CC(C)(C)c1cc(-c2nccc3cc([C]4=Cc5cccc[c]5[Ge]4([CH3])[CH3])sc23)cc2ccccc12. The Hall–Kier alpha value is -2.69. The maximum absolute atomic E-state index is 4.93. The first-order chi connectivity index (χ1) is 16.2. The second kappa shape index (κ2) is 7.66. The molecule has 3 heterocycles. The van der Waals surface area contributed by atoms with E-state index in [0.29, 0.717) is 0 Å². The molecule has 3 aromatic carbocycles. The van der Waals surface area contributed by atoms with E-state index < -0.39 is 13.3 Å². The molecule has 0 N–H and O–H groups in total. The molecule has 6 rings (SSSR count). The Labute approximate surface area is 208 Å². The van der Waals surface area contributed by atoms with Crippen LogP contribution in [0, 0.1) is 0 Å². The first-order valence-corrected chi connectivity index (χ1v) is 19.1. The number of aromatic nitrogens is 1. The molecule has 0 atom stereocenters. The fourth-order valence-corrected chi connectivity index (χ4v) is 14.2. The van der Waals surface area contributed by atoms with Gasteiger partial charge >= 0.3 is 209 Å². The summed E-state index contributed by atoms with van der Waals surface area (Å²) in [4.78, 5) is 6.35. The molecule has 0 aliphatic carbocycles. The predicted molar refractivity (Wildman–Crippen MR) is 153 cm³/mol. The van der Waals surface area contributed by atoms with Crippen LogP contribution in [0.5, 0.6) is 0 Å². The number of hydrogen-bond acceptors (Lipinski definition) is 2. The topological polar surface area (TPSA) is 12.9 Å². The van der Waals surface area contributed by atoms with Gasteiger partial charge in [-0.05, 0) is 0 Å². The fourth-order valence-electron chi connectivity index (χ4n) is 5.42. The summed E-state index contributed by atoms with van der Waals surface area (Å²) in [6.07, 6.45) is 4.44. The zero-order chi connectivity index (χ0) is 23.7. The number of nitrogens with zero attached hydrogens (tertiary/aromatic N) is 1. The third kappa shape index (κ3) is 3.39. The van der Waals surface area contributed by atoms with Gasteiger partial charge in [0.15, 0.2) is 0 Å². The van der Waals surface area contributed by atoms with E-state index in [1.807, 2.05) is 17.5 Å². The Morgan fingerprint density at radius 1 is 0.824 bits per heavy atom. The number of fused-ring (bicyclic) bond motifs is 3. The van der Waals surface area contributed by atoms with Crippen molar-refractivity contribution in [1.82, 2.24) is 4.98 Å². The molecule has 1 aliphatic rings. The quantitative estimate of drug-likeness (QED) is 0.213. The average Bonchev–Trinajstić information content (AvgIpc) is 3.36. The summed E-state index contributed by atoms with van der Waals surface area (Å²) < 4.78 is 4.47. The minimum atomic E-state index is -2.31. The molecule has 0 unspecified atom stereocenters. The van der Waals surface area contributed by atoms with Gasteiger partial charge in [-0.1, -0.05) is 0 Å². The van der Waals surface area contributed by atoms with Crippen LogP contribution in [0.2, 0.25) is 11.5 Å². The van der Waals surface area contributed by atoms with Crippen LogP contribution in [-0.2, 0) is 5.41 Å². The van der Waals surface area contributed by atoms with Crippen LogP contribution in [0.25, 0.3) is 42.6 Å². The van der Waals surface area contributed by atoms with Crippen LogP contribution in [-0.4, -0.2) is 18.3 Å². The van der Waals surface area contributed by atoms with Crippen molar-refractivity contribution >= 4 is 60.3 Å². The maximum atomic E-state index is 4.93. The van der Waals surface area contributed by atoms with E-state index >= 15 is 0 Å². The molecule has 1 nitrogen and oxygen atoms in total. The second-order valence-corrected chi connectivity index (χ2v) is 21.1. The third-order valence-corrected chi connectivity index (χ3v) is 16.3. The molecule has 0 amide bonds. The zero-order valence-electron chi connectivity index (χ0n) is 20.4. The van der Waals surface area contributed by atoms with Crippen molar-refractivity contribution in [3.8, 4) is 11.3 Å². The first kappa shape index (κ1) is 21.8. The minimum absolute atomic E-state index is 0.0577. The molecule has 0 radical (unpaired) electrons. The standard InChI is InChI=1S/C31H29GeNS/c1-31(2,3)25-17-23(16-20-10-6-8-12-24(20)25)29-30-22(14-15-33-29)19-28(34-30)27-18-21-11-7-9-13-26(21)32(27,4)5/h6-19H,1-5H3. The molecule has 0 saturated carbocycles.